The van der Waals surface area contributed by atoms with E-state index in [4.69, 9.17) is 4.74 Å². The highest BCUT2D eigenvalue weighted by Crippen LogP contribution is 2.11. The number of anilines is 1. The van der Waals surface area contributed by atoms with Crippen molar-refractivity contribution >= 4 is 23.6 Å². The van der Waals surface area contributed by atoms with Gasteiger partial charge in [-0.2, -0.15) is 5.26 Å². The number of nitriles is 1. The summed E-state index contributed by atoms with van der Waals surface area (Å²) < 4.78 is 5.09. The highest BCUT2D eigenvalue weighted by molar-refractivity contribution is 6.01. The monoisotopic (exact) mass is 334 g/mol. The van der Waals surface area contributed by atoms with Gasteiger partial charge in [-0.05, 0) is 37.6 Å². The SMILES string of the molecule is Cc1ccc(/C=C(\C#N)C(=O)O[C@@H](C)C(=O)Nc2ccccc2)cc1. The third-order valence-corrected chi connectivity index (χ3v) is 3.42. The minimum absolute atomic E-state index is 0.164. The Kier molecular flexibility index (Phi) is 6.08. The Morgan fingerprint density at radius 3 is 2.36 bits per heavy atom. The molecule has 0 radical (unpaired) electrons. The van der Waals surface area contributed by atoms with Crippen LogP contribution in [0.3, 0.4) is 0 Å². The van der Waals surface area contributed by atoms with Gasteiger partial charge in [0.05, 0.1) is 0 Å². The van der Waals surface area contributed by atoms with Crippen LogP contribution in [0.2, 0.25) is 0 Å². The summed E-state index contributed by atoms with van der Waals surface area (Å²) in [5.41, 5.74) is 2.22. The van der Waals surface area contributed by atoms with E-state index in [0.717, 1.165) is 5.56 Å². The summed E-state index contributed by atoms with van der Waals surface area (Å²) in [5.74, 6) is -1.30. The number of esters is 1. The zero-order valence-corrected chi connectivity index (χ0v) is 14.0. The zero-order chi connectivity index (χ0) is 18.2. The molecule has 0 spiro atoms. The van der Waals surface area contributed by atoms with E-state index in [-0.39, 0.29) is 5.57 Å². The number of amides is 1. The van der Waals surface area contributed by atoms with Gasteiger partial charge in [0.15, 0.2) is 6.10 Å². The highest BCUT2D eigenvalue weighted by Gasteiger charge is 2.20. The molecule has 5 nitrogen and oxygen atoms in total. The predicted molar refractivity (Wildman–Crippen MR) is 95.4 cm³/mol. The molecule has 0 heterocycles. The van der Waals surface area contributed by atoms with Gasteiger partial charge in [-0.25, -0.2) is 4.79 Å². The van der Waals surface area contributed by atoms with E-state index in [9.17, 15) is 14.9 Å². The van der Waals surface area contributed by atoms with Crippen molar-refractivity contribution in [2.75, 3.05) is 5.32 Å². The molecule has 25 heavy (non-hydrogen) atoms. The van der Waals surface area contributed by atoms with Crippen LogP contribution in [0.4, 0.5) is 5.69 Å². The van der Waals surface area contributed by atoms with Crippen LogP contribution in [0.15, 0.2) is 60.2 Å². The van der Waals surface area contributed by atoms with Gasteiger partial charge in [-0.3, -0.25) is 4.79 Å². The van der Waals surface area contributed by atoms with E-state index < -0.39 is 18.0 Å². The molecule has 1 amide bonds. The van der Waals surface area contributed by atoms with E-state index in [1.54, 1.807) is 36.4 Å². The van der Waals surface area contributed by atoms with Crippen LogP contribution in [-0.2, 0) is 14.3 Å². The molecule has 0 unspecified atom stereocenters. The van der Waals surface area contributed by atoms with E-state index in [1.165, 1.54) is 13.0 Å². The minimum atomic E-state index is -1.03. The van der Waals surface area contributed by atoms with Gasteiger partial charge in [-0.15, -0.1) is 0 Å². The lowest BCUT2D eigenvalue weighted by atomic mass is 10.1. The number of hydrogen-bond donors (Lipinski definition) is 1. The Labute approximate surface area is 146 Å². The quantitative estimate of drug-likeness (QED) is 0.516. The third kappa shape index (κ3) is 5.33. The van der Waals surface area contributed by atoms with Crippen molar-refractivity contribution in [2.24, 2.45) is 0 Å². The van der Waals surface area contributed by atoms with Crippen molar-refractivity contribution < 1.29 is 14.3 Å². The van der Waals surface area contributed by atoms with Gasteiger partial charge >= 0.3 is 5.97 Å². The lowest BCUT2D eigenvalue weighted by Gasteiger charge is -2.13. The fraction of sp³-hybridized carbons (Fsp3) is 0.150. The molecule has 2 rings (SSSR count). The first-order valence-electron chi connectivity index (χ1n) is 7.75. The van der Waals surface area contributed by atoms with Crippen LogP contribution < -0.4 is 5.32 Å². The summed E-state index contributed by atoms with van der Waals surface area (Å²) in [6.07, 6.45) is 0.409. The maximum absolute atomic E-state index is 12.1. The summed E-state index contributed by atoms with van der Waals surface area (Å²) in [4.78, 5) is 24.2. The van der Waals surface area contributed by atoms with Gasteiger partial charge < -0.3 is 10.1 Å². The second kappa shape index (κ2) is 8.46. The molecule has 0 aromatic heterocycles. The first-order chi connectivity index (χ1) is 12.0. The van der Waals surface area contributed by atoms with Crippen LogP contribution in [-0.4, -0.2) is 18.0 Å². The molecule has 0 fully saturated rings. The van der Waals surface area contributed by atoms with E-state index >= 15 is 0 Å². The lowest BCUT2D eigenvalue weighted by Crippen LogP contribution is -2.30. The van der Waals surface area contributed by atoms with Crippen molar-refractivity contribution in [1.29, 1.82) is 5.26 Å². The van der Waals surface area contributed by atoms with Gasteiger partial charge in [0.1, 0.15) is 11.6 Å². The van der Waals surface area contributed by atoms with Crippen molar-refractivity contribution in [3.05, 3.63) is 71.3 Å². The number of hydrogen-bond acceptors (Lipinski definition) is 4. The van der Waals surface area contributed by atoms with Crippen LogP contribution >= 0.6 is 0 Å². The molecule has 0 aliphatic rings. The Morgan fingerprint density at radius 1 is 1.12 bits per heavy atom. The first-order valence-corrected chi connectivity index (χ1v) is 7.75. The van der Waals surface area contributed by atoms with Crippen LogP contribution in [0, 0.1) is 18.3 Å². The normalized spacial score (nSPS) is 12.0. The highest BCUT2D eigenvalue weighted by atomic mass is 16.5. The third-order valence-electron chi connectivity index (χ3n) is 3.42. The molecule has 0 aliphatic heterocycles. The van der Waals surface area contributed by atoms with E-state index in [0.29, 0.717) is 11.3 Å². The van der Waals surface area contributed by atoms with E-state index in [2.05, 4.69) is 5.32 Å². The summed E-state index contributed by atoms with van der Waals surface area (Å²) in [6.45, 7) is 3.40. The lowest BCUT2D eigenvalue weighted by molar-refractivity contribution is -0.148. The molecular weight excluding hydrogens is 316 g/mol. The van der Waals surface area contributed by atoms with Crippen LogP contribution in [0.1, 0.15) is 18.1 Å². The number of nitrogens with one attached hydrogen (secondary N) is 1. The molecule has 0 saturated carbocycles. The van der Waals surface area contributed by atoms with Crippen molar-refractivity contribution in [3.8, 4) is 6.07 Å². The second-order valence-electron chi connectivity index (χ2n) is 5.48. The average Bonchev–Trinajstić information content (AvgIpc) is 2.61. The molecule has 0 aliphatic carbocycles. The maximum Gasteiger partial charge on any atom is 0.349 e. The molecule has 1 atom stereocenters. The van der Waals surface area contributed by atoms with Crippen molar-refractivity contribution in [2.45, 2.75) is 20.0 Å². The summed E-state index contributed by atoms with van der Waals surface area (Å²) in [6, 6.07) is 18.0. The van der Waals surface area contributed by atoms with Gasteiger partial charge in [0, 0.05) is 5.69 Å². The fourth-order valence-corrected chi connectivity index (χ4v) is 2.01. The average molecular weight is 334 g/mol. The molecule has 1 N–H and O–H groups in total. The first kappa shape index (κ1) is 18.0. The van der Waals surface area contributed by atoms with Crippen LogP contribution in [0.25, 0.3) is 6.08 Å². The summed E-state index contributed by atoms with van der Waals surface area (Å²) >= 11 is 0. The topological polar surface area (TPSA) is 79.2 Å². The van der Waals surface area contributed by atoms with E-state index in [1.807, 2.05) is 31.2 Å². The number of para-hydroxylation sites is 1. The molecule has 126 valence electrons. The molecular formula is C20H18N2O3. The molecule has 2 aromatic rings. The Morgan fingerprint density at radius 2 is 1.76 bits per heavy atom. The number of ether oxygens (including phenoxy) is 1. The number of aryl methyl sites for hydroxylation is 1. The number of nitrogens with zero attached hydrogens (tertiary/aromatic N) is 1. The minimum Gasteiger partial charge on any atom is -0.448 e. The van der Waals surface area contributed by atoms with Crippen molar-refractivity contribution in [3.63, 3.8) is 0 Å². The smallest absolute Gasteiger partial charge is 0.349 e. The maximum atomic E-state index is 12.1. The number of carbonyl (C=O) groups is 2. The van der Waals surface area contributed by atoms with Gasteiger partial charge in [-0.1, -0.05) is 48.0 Å². The molecule has 0 saturated heterocycles. The summed E-state index contributed by atoms with van der Waals surface area (Å²) in [5, 5.41) is 11.8. The number of carbonyl (C=O) groups excluding carboxylic acids is 2. The number of benzene rings is 2. The molecule has 5 heteroatoms. The largest absolute Gasteiger partial charge is 0.448 e. The van der Waals surface area contributed by atoms with Crippen LogP contribution in [0.5, 0.6) is 0 Å². The Hall–Kier alpha value is -3.39. The Balaban J connectivity index is 2.02. The molecule has 2 aromatic carbocycles. The number of rotatable bonds is 5. The predicted octanol–water partition coefficient (Wildman–Crippen LogP) is 3.47. The van der Waals surface area contributed by atoms with Gasteiger partial charge in [0.25, 0.3) is 5.91 Å². The fourth-order valence-electron chi connectivity index (χ4n) is 2.01. The molecule has 0 bridgehead atoms. The van der Waals surface area contributed by atoms with Crippen molar-refractivity contribution in [1.82, 2.24) is 0 Å². The second-order valence-corrected chi connectivity index (χ2v) is 5.48. The standard InChI is InChI=1S/C20H18N2O3/c1-14-8-10-16(11-9-14)12-17(13-21)20(24)25-15(2)19(23)22-18-6-4-3-5-7-18/h3-12,15H,1-2H3,(H,22,23)/b17-12+/t15-/m0/s1. The Bertz CT molecular complexity index is 818. The summed E-state index contributed by atoms with van der Waals surface area (Å²) in [7, 11) is 0. The zero-order valence-electron chi connectivity index (χ0n) is 14.0. The van der Waals surface area contributed by atoms with Gasteiger partial charge in [0.2, 0.25) is 0 Å².